The Morgan fingerprint density at radius 1 is 1.50 bits per heavy atom. The molecule has 1 rings (SSSR count). The molecule has 84 valence electrons. The molecule has 16 heavy (non-hydrogen) atoms. The van der Waals surface area contributed by atoms with Gasteiger partial charge in [-0.05, 0) is 12.1 Å². The summed E-state index contributed by atoms with van der Waals surface area (Å²) in [5, 5.41) is 2.54. The van der Waals surface area contributed by atoms with Crippen LogP contribution in [0.1, 0.15) is 6.42 Å². The summed E-state index contributed by atoms with van der Waals surface area (Å²) >= 11 is 0. The van der Waals surface area contributed by atoms with E-state index < -0.39 is 5.82 Å². The minimum atomic E-state index is -0.487. The van der Waals surface area contributed by atoms with Crippen LogP contribution in [0.25, 0.3) is 0 Å². The quantitative estimate of drug-likeness (QED) is 0.602. The van der Waals surface area contributed by atoms with Gasteiger partial charge in [-0.3, -0.25) is 4.79 Å². The molecule has 0 saturated heterocycles. The van der Waals surface area contributed by atoms with Gasteiger partial charge in [-0.25, -0.2) is 4.39 Å². The number of benzene rings is 1. The fourth-order valence-corrected chi connectivity index (χ4v) is 1.03. The van der Waals surface area contributed by atoms with Gasteiger partial charge in [0.2, 0.25) is 0 Å². The lowest BCUT2D eigenvalue weighted by molar-refractivity contribution is -0.123. The first-order valence-electron chi connectivity index (χ1n) is 4.81. The van der Waals surface area contributed by atoms with Gasteiger partial charge in [0.15, 0.2) is 18.2 Å². The summed E-state index contributed by atoms with van der Waals surface area (Å²) < 4.78 is 18.1. The molecule has 0 fully saturated rings. The third-order valence-corrected chi connectivity index (χ3v) is 1.79. The van der Waals surface area contributed by atoms with Crippen LogP contribution in [-0.2, 0) is 4.79 Å². The third kappa shape index (κ3) is 4.01. The minimum absolute atomic E-state index is 0.0644. The minimum Gasteiger partial charge on any atom is -0.481 e. The number of nitrogens with one attached hydrogen (secondary N) is 1. The summed E-state index contributed by atoms with van der Waals surface area (Å²) in [6.45, 7) is 0.182. The zero-order valence-electron chi connectivity index (χ0n) is 8.70. The van der Waals surface area contributed by atoms with E-state index in [1.807, 2.05) is 0 Å². The second-order valence-corrected chi connectivity index (χ2v) is 3.02. The largest absolute Gasteiger partial charge is 0.481 e. The number of ether oxygens (including phenoxy) is 1. The Bertz CT molecular complexity index is 398. The lowest BCUT2D eigenvalue weighted by Crippen LogP contribution is -2.29. The predicted molar refractivity (Wildman–Crippen MR) is 58.4 cm³/mol. The van der Waals surface area contributed by atoms with Crippen LogP contribution >= 0.6 is 0 Å². The predicted octanol–water partition coefficient (Wildman–Crippen LogP) is 1.34. The Morgan fingerprint density at radius 3 is 2.94 bits per heavy atom. The van der Waals surface area contributed by atoms with E-state index in [1.165, 1.54) is 12.1 Å². The second kappa shape index (κ2) is 6.46. The van der Waals surface area contributed by atoms with Crippen molar-refractivity contribution in [1.29, 1.82) is 0 Å². The Balaban J connectivity index is 2.32. The first-order chi connectivity index (χ1) is 7.74. The number of halogens is 1. The van der Waals surface area contributed by atoms with Gasteiger partial charge in [0.05, 0.1) is 0 Å². The van der Waals surface area contributed by atoms with Crippen molar-refractivity contribution in [2.24, 2.45) is 0 Å². The highest BCUT2D eigenvalue weighted by atomic mass is 19.1. The molecule has 0 bridgehead atoms. The average Bonchev–Trinajstić information content (AvgIpc) is 2.28. The molecule has 0 radical (unpaired) electrons. The maximum atomic E-state index is 13.1. The zero-order chi connectivity index (χ0) is 11.8. The van der Waals surface area contributed by atoms with Gasteiger partial charge in [-0.1, -0.05) is 12.1 Å². The van der Waals surface area contributed by atoms with E-state index in [1.54, 1.807) is 12.1 Å². The maximum absolute atomic E-state index is 13.1. The molecule has 1 aromatic carbocycles. The van der Waals surface area contributed by atoms with Crippen LogP contribution in [0.15, 0.2) is 24.3 Å². The Labute approximate surface area is 93.6 Å². The fraction of sp³-hybridized carbons (Fsp3) is 0.250. The maximum Gasteiger partial charge on any atom is 0.257 e. The lowest BCUT2D eigenvalue weighted by atomic mass is 10.3. The van der Waals surface area contributed by atoms with Crippen molar-refractivity contribution >= 4 is 5.91 Å². The van der Waals surface area contributed by atoms with E-state index >= 15 is 0 Å². The van der Waals surface area contributed by atoms with Crippen molar-refractivity contribution in [3.05, 3.63) is 30.1 Å². The van der Waals surface area contributed by atoms with Gasteiger partial charge in [-0.15, -0.1) is 12.3 Å². The van der Waals surface area contributed by atoms with Crippen LogP contribution in [-0.4, -0.2) is 19.1 Å². The summed E-state index contributed by atoms with van der Waals surface area (Å²) in [6, 6.07) is 5.92. The number of carbonyl (C=O) groups is 1. The van der Waals surface area contributed by atoms with Crippen molar-refractivity contribution in [1.82, 2.24) is 5.32 Å². The van der Waals surface area contributed by atoms with Crippen LogP contribution in [0.5, 0.6) is 5.75 Å². The number of amides is 1. The molecule has 0 heterocycles. The SMILES string of the molecule is C#CCCNC(=O)COc1ccccc1F. The Morgan fingerprint density at radius 2 is 2.25 bits per heavy atom. The molecule has 3 nitrogen and oxygen atoms in total. The van der Waals surface area contributed by atoms with Gasteiger partial charge in [-0.2, -0.15) is 0 Å². The number of hydrogen-bond donors (Lipinski definition) is 1. The van der Waals surface area contributed by atoms with E-state index in [2.05, 4.69) is 11.2 Å². The van der Waals surface area contributed by atoms with Crippen molar-refractivity contribution in [2.75, 3.05) is 13.2 Å². The van der Waals surface area contributed by atoms with Gasteiger partial charge in [0.1, 0.15) is 0 Å². The summed E-state index contributed by atoms with van der Waals surface area (Å²) in [6.07, 6.45) is 5.48. The number of hydrogen-bond acceptors (Lipinski definition) is 2. The molecule has 1 amide bonds. The monoisotopic (exact) mass is 221 g/mol. The molecule has 0 aliphatic heterocycles. The number of terminal acetylenes is 1. The van der Waals surface area contributed by atoms with Crippen LogP contribution in [0.2, 0.25) is 0 Å². The first-order valence-corrected chi connectivity index (χ1v) is 4.81. The summed E-state index contributed by atoms with van der Waals surface area (Å²) in [4.78, 5) is 11.2. The van der Waals surface area contributed by atoms with Gasteiger partial charge >= 0.3 is 0 Å². The molecule has 0 aliphatic rings. The molecule has 1 aromatic rings. The van der Waals surface area contributed by atoms with Crippen molar-refractivity contribution in [2.45, 2.75) is 6.42 Å². The second-order valence-electron chi connectivity index (χ2n) is 3.02. The highest BCUT2D eigenvalue weighted by Gasteiger charge is 2.04. The Kier molecular flexibility index (Phi) is 4.87. The molecule has 4 heteroatoms. The van der Waals surface area contributed by atoms with E-state index in [9.17, 15) is 9.18 Å². The zero-order valence-corrected chi connectivity index (χ0v) is 8.70. The van der Waals surface area contributed by atoms with Gasteiger partial charge < -0.3 is 10.1 Å². The first kappa shape index (κ1) is 12.1. The molecule has 0 unspecified atom stereocenters. The topological polar surface area (TPSA) is 38.3 Å². The molecular weight excluding hydrogens is 209 g/mol. The number of para-hydroxylation sites is 1. The summed E-state index contributed by atoms with van der Waals surface area (Å²) in [7, 11) is 0. The van der Waals surface area contributed by atoms with Crippen LogP contribution < -0.4 is 10.1 Å². The van der Waals surface area contributed by atoms with Crippen LogP contribution in [0, 0.1) is 18.2 Å². The smallest absolute Gasteiger partial charge is 0.257 e. The standard InChI is InChI=1S/C12H12FNO2/c1-2-3-8-14-12(15)9-16-11-7-5-4-6-10(11)13/h1,4-7H,3,8-9H2,(H,14,15). The molecule has 0 atom stereocenters. The van der Waals surface area contributed by atoms with Crippen LogP contribution in [0.4, 0.5) is 4.39 Å². The average molecular weight is 221 g/mol. The number of carbonyl (C=O) groups excluding carboxylic acids is 1. The molecule has 0 saturated carbocycles. The van der Waals surface area contributed by atoms with Crippen molar-refractivity contribution in [3.63, 3.8) is 0 Å². The van der Waals surface area contributed by atoms with Crippen molar-refractivity contribution < 1.29 is 13.9 Å². The van der Waals surface area contributed by atoms with Gasteiger partial charge in [0.25, 0.3) is 5.91 Å². The van der Waals surface area contributed by atoms with E-state index in [-0.39, 0.29) is 18.3 Å². The van der Waals surface area contributed by atoms with E-state index in [0.717, 1.165) is 0 Å². The molecular formula is C12H12FNO2. The molecule has 0 aromatic heterocycles. The van der Waals surface area contributed by atoms with E-state index in [0.29, 0.717) is 13.0 Å². The molecule has 1 N–H and O–H groups in total. The highest BCUT2D eigenvalue weighted by molar-refractivity contribution is 5.77. The molecule has 0 aliphatic carbocycles. The van der Waals surface area contributed by atoms with E-state index in [4.69, 9.17) is 11.2 Å². The number of rotatable bonds is 5. The van der Waals surface area contributed by atoms with Gasteiger partial charge in [0, 0.05) is 13.0 Å². The molecule has 0 spiro atoms. The Hall–Kier alpha value is -2.02. The fourth-order valence-electron chi connectivity index (χ4n) is 1.03. The van der Waals surface area contributed by atoms with Crippen molar-refractivity contribution in [3.8, 4) is 18.1 Å². The third-order valence-electron chi connectivity index (χ3n) is 1.79. The highest BCUT2D eigenvalue weighted by Crippen LogP contribution is 2.14. The normalized spacial score (nSPS) is 9.25. The summed E-state index contributed by atoms with van der Waals surface area (Å²) in [5.41, 5.74) is 0. The summed E-state index contributed by atoms with van der Waals surface area (Å²) in [5.74, 6) is 1.65. The lowest BCUT2D eigenvalue weighted by Gasteiger charge is -2.06. The van der Waals surface area contributed by atoms with Crippen LogP contribution in [0.3, 0.4) is 0 Å².